The Hall–Kier alpha value is -2.59. The van der Waals surface area contributed by atoms with E-state index in [0.29, 0.717) is 16.1 Å². The first-order valence-electron chi connectivity index (χ1n) is 9.64. The molecule has 3 rings (SSSR count). The Morgan fingerprint density at radius 2 is 2.04 bits per heavy atom. The molecule has 148 valence electrons. The number of fused-ring (bicyclic) bond motifs is 1. The highest BCUT2D eigenvalue weighted by Gasteiger charge is 2.22. The van der Waals surface area contributed by atoms with E-state index in [0.717, 1.165) is 49.2 Å². The van der Waals surface area contributed by atoms with Crippen molar-refractivity contribution >= 4 is 28.2 Å². The van der Waals surface area contributed by atoms with Crippen LogP contribution in [0.2, 0.25) is 0 Å². The smallest absolute Gasteiger partial charge is 0.340 e. The molecule has 2 aromatic rings. The fourth-order valence-corrected chi connectivity index (χ4v) is 5.07. The fraction of sp³-hybridized carbons (Fsp3) is 0.476. The highest BCUT2D eigenvalue weighted by Crippen LogP contribution is 2.36. The van der Waals surface area contributed by atoms with Gasteiger partial charge in [-0.15, -0.1) is 11.3 Å². The molecule has 2 aromatic heterocycles. The van der Waals surface area contributed by atoms with E-state index in [1.807, 2.05) is 25.3 Å². The molecule has 0 spiro atoms. The topological polar surface area (TPSA) is 84.1 Å². The largest absolute Gasteiger partial charge is 0.452 e. The zero-order valence-electron chi connectivity index (χ0n) is 16.6. The Morgan fingerprint density at radius 3 is 2.71 bits per heavy atom. The fourth-order valence-electron chi connectivity index (χ4n) is 3.81. The number of carbonyl (C=O) groups excluding carboxylic acids is 2. The molecular formula is C21H25N3O3S. The number of rotatable bonds is 5. The molecule has 0 aromatic carbocycles. The summed E-state index contributed by atoms with van der Waals surface area (Å²) in [5.41, 5.74) is 3.93. The molecule has 0 saturated carbocycles. The molecular weight excluding hydrogens is 374 g/mol. The second-order valence-corrected chi connectivity index (χ2v) is 8.14. The average molecular weight is 400 g/mol. The van der Waals surface area contributed by atoms with Crippen LogP contribution in [0.4, 0.5) is 5.00 Å². The first-order chi connectivity index (χ1) is 13.5. The molecule has 7 heteroatoms. The van der Waals surface area contributed by atoms with Crippen molar-refractivity contribution in [1.29, 1.82) is 5.26 Å². The molecule has 0 saturated heterocycles. The number of amides is 1. The van der Waals surface area contributed by atoms with Crippen molar-refractivity contribution in [3.05, 3.63) is 39.0 Å². The first kappa shape index (κ1) is 20.2. The van der Waals surface area contributed by atoms with Gasteiger partial charge in [0.05, 0.1) is 11.1 Å². The third-order valence-corrected chi connectivity index (χ3v) is 6.44. The van der Waals surface area contributed by atoms with Crippen molar-refractivity contribution in [3.63, 3.8) is 0 Å². The van der Waals surface area contributed by atoms with Crippen molar-refractivity contribution in [2.24, 2.45) is 0 Å². The number of aryl methyl sites for hydroxylation is 2. The lowest BCUT2D eigenvalue weighted by Crippen LogP contribution is -2.21. The van der Waals surface area contributed by atoms with Gasteiger partial charge < -0.3 is 14.6 Å². The lowest BCUT2D eigenvalue weighted by atomic mass is 10.1. The van der Waals surface area contributed by atoms with Gasteiger partial charge in [-0.25, -0.2) is 4.79 Å². The highest BCUT2D eigenvalue weighted by molar-refractivity contribution is 7.16. The van der Waals surface area contributed by atoms with E-state index in [4.69, 9.17) is 4.74 Å². The normalized spacial score (nSPS) is 13.4. The Labute approximate surface area is 169 Å². The van der Waals surface area contributed by atoms with Crippen LogP contribution in [0.3, 0.4) is 0 Å². The zero-order valence-corrected chi connectivity index (χ0v) is 17.4. The second-order valence-electron chi connectivity index (χ2n) is 7.03. The molecule has 0 radical (unpaired) electrons. The lowest BCUT2D eigenvalue weighted by Gasteiger charge is -2.07. The SMILES string of the molecule is CCn1c(C)cc(C(=O)OCC(=O)Nc2sc3c(c2C#N)CCCCC3)c1C. The summed E-state index contributed by atoms with van der Waals surface area (Å²) in [6.07, 6.45) is 5.18. The molecule has 0 aliphatic heterocycles. The molecule has 1 N–H and O–H groups in total. The van der Waals surface area contributed by atoms with E-state index in [-0.39, 0.29) is 6.61 Å². The molecule has 0 unspecified atom stereocenters. The number of aromatic nitrogens is 1. The van der Waals surface area contributed by atoms with Crippen LogP contribution < -0.4 is 5.32 Å². The summed E-state index contributed by atoms with van der Waals surface area (Å²) in [5.74, 6) is -0.934. The third kappa shape index (κ3) is 3.97. The molecule has 0 fully saturated rings. The first-order valence-corrected chi connectivity index (χ1v) is 10.5. The average Bonchev–Trinajstić information content (AvgIpc) is 3.04. The van der Waals surface area contributed by atoms with Crippen molar-refractivity contribution in [2.45, 2.75) is 59.4 Å². The van der Waals surface area contributed by atoms with Gasteiger partial charge in [0, 0.05) is 22.8 Å². The minimum Gasteiger partial charge on any atom is -0.452 e. The number of esters is 1. The number of ether oxygens (including phenoxy) is 1. The van der Waals surface area contributed by atoms with Gasteiger partial charge in [0.15, 0.2) is 6.61 Å². The quantitative estimate of drug-likeness (QED) is 0.605. The zero-order chi connectivity index (χ0) is 20.3. The van der Waals surface area contributed by atoms with Crippen LogP contribution >= 0.6 is 11.3 Å². The molecule has 28 heavy (non-hydrogen) atoms. The summed E-state index contributed by atoms with van der Waals surface area (Å²) < 4.78 is 7.23. The van der Waals surface area contributed by atoms with Crippen molar-refractivity contribution in [1.82, 2.24) is 4.57 Å². The standard InChI is InChI=1S/C21H25N3O3S/c1-4-24-13(2)10-16(14(24)3)21(26)27-12-19(25)23-20-17(11-22)15-8-6-5-7-9-18(15)28-20/h10H,4-9,12H2,1-3H3,(H,23,25). The highest BCUT2D eigenvalue weighted by atomic mass is 32.1. The number of hydrogen-bond donors (Lipinski definition) is 1. The van der Waals surface area contributed by atoms with E-state index in [2.05, 4.69) is 11.4 Å². The van der Waals surface area contributed by atoms with Gasteiger partial charge >= 0.3 is 5.97 Å². The molecule has 1 aliphatic carbocycles. The number of nitrogens with zero attached hydrogens (tertiary/aromatic N) is 2. The van der Waals surface area contributed by atoms with Crippen LogP contribution in [0, 0.1) is 25.2 Å². The van der Waals surface area contributed by atoms with Gasteiger partial charge in [-0.2, -0.15) is 5.26 Å². The van der Waals surface area contributed by atoms with Gasteiger partial charge in [0.2, 0.25) is 0 Å². The summed E-state index contributed by atoms with van der Waals surface area (Å²) in [6, 6.07) is 4.02. The maximum Gasteiger partial charge on any atom is 0.340 e. The molecule has 1 aliphatic rings. The number of anilines is 1. The summed E-state index contributed by atoms with van der Waals surface area (Å²) in [5, 5.41) is 12.9. The molecule has 0 atom stereocenters. The summed E-state index contributed by atoms with van der Waals surface area (Å²) >= 11 is 1.47. The predicted octanol–water partition coefficient (Wildman–Crippen LogP) is 4.12. The summed E-state index contributed by atoms with van der Waals surface area (Å²) in [6.45, 7) is 6.21. The monoisotopic (exact) mass is 399 g/mol. The number of thiophene rings is 1. The van der Waals surface area contributed by atoms with E-state index < -0.39 is 11.9 Å². The van der Waals surface area contributed by atoms with Gasteiger partial charge in [-0.3, -0.25) is 4.79 Å². The maximum absolute atomic E-state index is 12.4. The molecule has 2 heterocycles. The van der Waals surface area contributed by atoms with Gasteiger partial charge in [0.25, 0.3) is 5.91 Å². The summed E-state index contributed by atoms with van der Waals surface area (Å²) in [7, 11) is 0. The predicted molar refractivity (Wildman–Crippen MR) is 109 cm³/mol. The van der Waals surface area contributed by atoms with Crippen LogP contribution in [0.15, 0.2) is 6.07 Å². The van der Waals surface area contributed by atoms with Crippen molar-refractivity contribution in [2.75, 3.05) is 11.9 Å². The number of nitriles is 1. The maximum atomic E-state index is 12.4. The van der Waals surface area contributed by atoms with Gasteiger partial charge in [0.1, 0.15) is 11.1 Å². The minimum atomic E-state index is -0.509. The number of hydrogen-bond acceptors (Lipinski definition) is 5. The van der Waals surface area contributed by atoms with Crippen LogP contribution in [0.25, 0.3) is 0 Å². The van der Waals surface area contributed by atoms with Crippen LogP contribution in [0.1, 0.15) is 63.9 Å². The molecule has 0 bridgehead atoms. The van der Waals surface area contributed by atoms with E-state index in [1.54, 1.807) is 6.07 Å². The van der Waals surface area contributed by atoms with Crippen molar-refractivity contribution < 1.29 is 14.3 Å². The third-order valence-electron chi connectivity index (χ3n) is 5.23. The Kier molecular flexibility index (Phi) is 6.20. The van der Waals surface area contributed by atoms with Crippen molar-refractivity contribution in [3.8, 4) is 6.07 Å². The molecule has 1 amide bonds. The second kappa shape index (κ2) is 8.61. The van der Waals surface area contributed by atoms with Gasteiger partial charge in [-0.05, 0) is 58.1 Å². The Balaban J connectivity index is 1.65. The van der Waals surface area contributed by atoms with E-state index in [9.17, 15) is 14.9 Å². The Bertz CT molecular complexity index is 949. The van der Waals surface area contributed by atoms with E-state index >= 15 is 0 Å². The van der Waals surface area contributed by atoms with Crippen LogP contribution in [-0.4, -0.2) is 23.1 Å². The number of carbonyl (C=O) groups is 2. The summed E-state index contributed by atoms with van der Waals surface area (Å²) in [4.78, 5) is 25.9. The molecule has 6 nitrogen and oxygen atoms in total. The van der Waals surface area contributed by atoms with Crippen LogP contribution in [-0.2, 0) is 28.9 Å². The lowest BCUT2D eigenvalue weighted by molar-refractivity contribution is -0.119. The van der Waals surface area contributed by atoms with Gasteiger partial charge in [-0.1, -0.05) is 6.42 Å². The van der Waals surface area contributed by atoms with E-state index in [1.165, 1.54) is 22.6 Å². The minimum absolute atomic E-state index is 0.373. The number of nitrogens with one attached hydrogen (secondary N) is 1. The Morgan fingerprint density at radius 1 is 1.29 bits per heavy atom. The van der Waals surface area contributed by atoms with Crippen LogP contribution in [0.5, 0.6) is 0 Å².